The molecular formula is C18H16F3N3O5S. The number of aryl methyl sites for hydroxylation is 1. The summed E-state index contributed by atoms with van der Waals surface area (Å²) in [5, 5.41) is 4.17. The molecule has 160 valence electrons. The summed E-state index contributed by atoms with van der Waals surface area (Å²) in [5.41, 5.74) is 0.106. The number of hydrogen-bond acceptors (Lipinski definition) is 6. The van der Waals surface area contributed by atoms with Gasteiger partial charge in [-0.05, 0) is 48.9 Å². The molecule has 0 aliphatic rings. The summed E-state index contributed by atoms with van der Waals surface area (Å²) in [6, 6.07) is 10.0. The molecule has 0 bridgehead atoms. The first kappa shape index (κ1) is 21.6. The standard InChI is InChI=1S/C18H16F3N3O5S/c19-18(20,21)29-13-4-6-14(7-5-13)30(26,27)22-10-2-11-24-17(25)9-8-15(23-24)16-3-1-12-28-16/h1,3-9,12,22H,2,10-11H2. The zero-order chi connectivity index (χ0) is 21.8. The van der Waals surface area contributed by atoms with E-state index >= 15 is 0 Å². The van der Waals surface area contributed by atoms with Crippen molar-refractivity contribution in [3.63, 3.8) is 0 Å². The molecule has 3 rings (SSSR count). The fraction of sp³-hybridized carbons (Fsp3) is 0.222. The van der Waals surface area contributed by atoms with Gasteiger partial charge in [0.25, 0.3) is 5.56 Å². The zero-order valence-corrected chi connectivity index (χ0v) is 16.1. The molecular weight excluding hydrogens is 427 g/mol. The van der Waals surface area contributed by atoms with E-state index in [0.29, 0.717) is 11.5 Å². The Bertz CT molecular complexity index is 1140. The van der Waals surface area contributed by atoms with Crippen molar-refractivity contribution in [1.29, 1.82) is 0 Å². The number of nitrogens with one attached hydrogen (secondary N) is 1. The van der Waals surface area contributed by atoms with Gasteiger partial charge in [-0.25, -0.2) is 17.8 Å². The monoisotopic (exact) mass is 443 g/mol. The van der Waals surface area contributed by atoms with Gasteiger partial charge in [-0.3, -0.25) is 4.79 Å². The van der Waals surface area contributed by atoms with Gasteiger partial charge in [0.1, 0.15) is 11.4 Å². The second kappa shape index (κ2) is 8.71. The first-order valence-corrected chi connectivity index (χ1v) is 10.1. The van der Waals surface area contributed by atoms with Crippen molar-refractivity contribution in [3.05, 3.63) is 65.1 Å². The Morgan fingerprint density at radius 3 is 2.47 bits per heavy atom. The predicted molar refractivity (Wildman–Crippen MR) is 99.1 cm³/mol. The van der Waals surface area contributed by atoms with Gasteiger partial charge in [-0.1, -0.05) is 0 Å². The third-order valence-electron chi connectivity index (χ3n) is 3.85. The lowest BCUT2D eigenvalue weighted by molar-refractivity contribution is -0.274. The highest BCUT2D eigenvalue weighted by Crippen LogP contribution is 2.23. The number of sulfonamides is 1. The summed E-state index contributed by atoms with van der Waals surface area (Å²) >= 11 is 0. The van der Waals surface area contributed by atoms with Crippen LogP contribution < -0.4 is 15.0 Å². The molecule has 2 aromatic heterocycles. The minimum absolute atomic E-state index is 0.0117. The quantitative estimate of drug-likeness (QED) is 0.537. The normalized spacial score (nSPS) is 12.1. The minimum Gasteiger partial charge on any atom is -0.463 e. The summed E-state index contributed by atoms with van der Waals surface area (Å²) in [7, 11) is -3.94. The number of hydrogen-bond donors (Lipinski definition) is 1. The molecule has 2 heterocycles. The summed E-state index contributed by atoms with van der Waals surface area (Å²) in [4.78, 5) is 11.7. The van der Waals surface area contributed by atoms with Crippen LogP contribution in [-0.4, -0.2) is 31.1 Å². The number of alkyl halides is 3. The maximum Gasteiger partial charge on any atom is 0.573 e. The predicted octanol–water partition coefficient (Wildman–Crippen LogP) is 2.77. The minimum atomic E-state index is -4.86. The van der Waals surface area contributed by atoms with Crippen LogP contribution in [0.1, 0.15) is 6.42 Å². The first-order chi connectivity index (χ1) is 14.1. The fourth-order valence-electron chi connectivity index (χ4n) is 2.50. The molecule has 8 nitrogen and oxygen atoms in total. The summed E-state index contributed by atoms with van der Waals surface area (Å²) in [6.45, 7) is 0.135. The SMILES string of the molecule is O=c1ccc(-c2ccco2)nn1CCCNS(=O)(=O)c1ccc(OC(F)(F)F)cc1. The van der Waals surface area contributed by atoms with Crippen molar-refractivity contribution in [2.45, 2.75) is 24.2 Å². The van der Waals surface area contributed by atoms with Crippen LogP contribution >= 0.6 is 0 Å². The maximum absolute atomic E-state index is 12.2. The van der Waals surface area contributed by atoms with E-state index in [9.17, 15) is 26.4 Å². The van der Waals surface area contributed by atoms with E-state index in [1.165, 1.54) is 23.1 Å². The van der Waals surface area contributed by atoms with Gasteiger partial charge in [0.05, 0.1) is 11.2 Å². The van der Waals surface area contributed by atoms with Crippen LogP contribution in [0.3, 0.4) is 0 Å². The highest BCUT2D eigenvalue weighted by Gasteiger charge is 2.31. The smallest absolute Gasteiger partial charge is 0.463 e. The Hall–Kier alpha value is -3.12. The number of ether oxygens (including phenoxy) is 1. The number of benzene rings is 1. The molecule has 0 saturated carbocycles. The number of furan rings is 1. The molecule has 0 saturated heterocycles. The van der Waals surface area contributed by atoms with E-state index in [1.807, 2.05) is 0 Å². The summed E-state index contributed by atoms with van der Waals surface area (Å²) < 4.78 is 73.4. The van der Waals surface area contributed by atoms with Crippen molar-refractivity contribution in [2.75, 3.05) is 6.54 Å². The van der Waals surface area contributed by atoms with Gasteiger partial charge in [-0.15, -0.1) is 13.2 Å². The van der Waals surface area contributed by atoms with E-state index in [-0.39, 0.29) is 30.0 Å². The molecule has 0 amide bonds. The third-order valence-corrected chi connectivity index (χ3v) is 5.32. The zero-order valence-electron chi connectivity index (χ0n) is 15.3. The molecule has 0 aliphatic heterocycles. The number of rotatable bonds is 8. The topological polar surface area (TPSA) is 103 Å². The van der Waals surface area contributed by atoms with Crippen LogP contribution in [0.4, 0.5) is 13.2 Å². The fourth-order valence-corrected chi connectivity index (χ4v) is 3.58. The molecule has 0 unspecified atom stereocenters. The van der Waals surface area contributed by atoms with Crippen molar-refractivity contribution in [1.82, 2.24) is 14.5 Å². The molecule has 1 aromatic carbocycles. The molecule has 0 atom stereocenters. The van der Waals surface area contributed by atoms with Crippen LogP contribution in [0, 0.1) is 0 Å². The first-order valence-electron chi connectivity index (χ1n) is 8.62. The lowest BCUT2D eigenvalue weighted by Crippen LogP contribution is -2.28. The molecule has 12 heteroatoms. The van der Waals surface area contributed by atoms with Gasteiger partial charge < -0.3 is 9.15 Å². The molecule has 30 heavy (non-hydrogen) atoms. The molecule has 3 aromatic rings. The largest absolute Gasteiger partial charge is 0.573 e. The molecule has 0 spiro atoms. The van der Waals surface area contributed by atoms with Crippen LogP contribution in [-0.2, 0) is 16.6 Å². The van der Waals surface area contributed by atoms with Gasteiger partial charge >= 0.3 is 6.36 Å². The Labute approximate surface area is 168 Å². The second-order valence-corrected chi connectivity index (χ2v) is 7.79. The number of halogens is 3. The Morgan fingerprint density at radius 2 is 1.83 bits per heavy atom. The Kier molecular flexibility index (Phi) is 6.27. The van der Waals surface area contributed by atoms with Gasteiger partial charge in [0, 0.05) is 19.2 Å². The molecule has 1 N–H and O–H groups in total. The van der Waals surface area contributed by atoms with Crippen molar-refractivity contribution in [2.24, 2.45) is 0 Å². The highest BCUT2D eigenvalue weighted by molar-refractivity contribution is 7.89. The number of aromatic nitrogens is 2. The van der Waals surface area contributed by atoms with E-state index in [0.717, 1.165) is 24.3 Å². The summed E-state index contributed by atoms with van der Waals surface area (Å²) in [5.74, 6) is -0.0364. The third kappa shape index (κ3) is 5.70. The van der Waals surface area contributed by atoms with E-state index in [2.05, 4.69) is 14.6 Å². The van der Waals surface area contributed by atoms with E-state index in [4.69, 9.17) is 4.42 Å². The van der Waals surface area contributed by atoms with Crippen molar-refractivity contribution >= 4 is 10.0 Å². The van der Waals surface area contributed by atoms with Crippen LogP contribution in [0.5, 0.6) is 5.75 Å². The molecule has 0 radical (unpaired) electrons. The van der Waals surface area contributed by atoms with Crippen LogP contribution in [0.2, 0.25) is 0 Å². The molecule has 0 aliphatic carbocycles. The average molecular weight is 443 g/mol. The second-order valence-electron chi connectivity index (χ2n) is 6.03. The van der Waals surface area contributed by atoms with Crippen molar-refractivity contribution in [3.8, 4) is 17.2 Å². The Morgan fingerprint density at radius 1 is 1.10 bits per heavy atom. The summed E-state index contributed by atoms with van der Waals surface area (Å²) in [6.07, 6.45) is -3.13. The van der Waals surface area contributed by atoms with E-state index in [1.54, 1.807) is 12.1 Å². The Balaban J connectivity index is 1.57. The lowest BCUT2D eigenvalue weighted by Gasteiger charge is -2.10. The van der Waals surface area contributed by atoms with Gasteiger partial charge in [0.2, 0.25) is 10.0 Å². The molecule has 0 fully saturated rings. The van der Waals surface area contributed by atoms with Gasteiger partial charge in [0.15, 0.2) is 5.76 Å². The average Bonchev–Trinajstić information content (AvgIpc) is 3.20. The van der Waals surface area contributed by atoms with E-state index < -0.39 is 22.1 Å². The van der Waals surface area contributed by atoms with Crippen LogP contribution in [0.15, 0.2) is 68.9 Å². The van der Waals surface area contributed by atoms with Gasteiger partial charge in [-0.2, -0.15) is 5.10 Å². The lowest BCUT2D eigenvalue weighted by atomic mass is 10.3. The van der Waals surface area contributed by atoms with Crippen molar-refractivity contribution < 1.29 is 30.7 Å². The maximum atomic E-state index is 12.2. The number of nitrogens with zero attached hydrogens (tertiary/aromatic N) is 2. The van der Waals surface area contributed by atoms with Crippen LogP contribution in [0.25, 0.3) is 11.5 Å². The highest BCUT2D eigenvalue weighted by atomic mass is 32.2.